The van der Waals surface area contributed by atoms with E-state index in [9.17, 15) is 29.2 Å². The molecule has 3 unspecified atom stereocenters. The first-order valence-electron chi connectivity index (χ1n) is 11.2. The predicted octanol–water partition coefficient (Wildman–Crippen LogP) is 4.53. The van der Waals surface area contributed by atoms with Crippen molar-refractivity contribution < 1.29 is 38.0 Å². The van der Waals surface area contributed by atoms with E-state index in [1.54, 1.807) is 19.1 Å². The number of carbonyl (C=O) groups excluding carboxylic acids is 2. The van der Waals surface area contributed by atoms with E-state index in [4.69, 9.17) is 14.0 Å². The van der Waals surface area contributed by atoms with Crippen LogP contribution in [0.25, 0.3) is 0 Å². The summed E-state index contributed by atoms with van der Waals surface area (Å²) in [6.45, 7) is 1.44. The fourth-order valence-electron chi connectivity index (χ4n) is 3.67. The lowest BCUT2D eigenvalue weighted by atomic mass is 10.1. The van der Waals surface area contributed by atoms with Crippen LogP contribution in [-0.4, -0.2) is 49.7 Å². The van der Waals surface area contributed by atoms with Crippen molar-refractivity contribution >= 4 is 56.2 Å². The van der Waals surface area contributed by atoms with Gasteiger partial charge in [0.05, 0.1) is 20.4 Å². The van der Waals surface area contributed by atoms with Gasteiger partial charge in [-0.3, -0.25) is 24.8 Å². The zero-order chi connectivity index (χ0) is 27.4. The number of carbonyl (C=O) groups is 2. The summed E-state index contributed by atoms with van der Waals surface area (Å²) in [5.74, 6) is -1.06. The molecule has 15 heteroatoms. The SMILES string of the molecule is CCC(OP(=O)(O)Br)=C(C(=O)OCc1ccc([N+](=O)[O-])cc1)N1C(=O)C2N=C(COc3ccccc3)SC21. The van der Waals surface area contributed by atoms with E-state index in [-0.39, 0.29) is 36.8 Å². The van der Waals surface area contributed by atoms with Gasteiger partial charge in [0.1, 0.15) is 35.1 Å². The Morgan fingerprint density at radius 3 is 2.50 bits per heavy atom. The Balaban J connectivity index is 1.52. The van der Waals surface area contributed by atoms with Gasteiger partial charge in [-0.1, -0.05) is 36.9 Å². The number of non-ortho nitro benzene ring substituents is 1. The maximum atomic E-state index is 13.2. The Hall–Kier alpha value is -3.19. The van der Waals surface area contributed by atoms with Crippen molar-refractivity contribution in [3.8, 4) is 5.75 Å². The van der Waals surface area contributed by atoms with E-state index in [0.717, 1.165) is 4.90 Å². The number of likely N-dealkylation sites (tertiary alicyclic amines) is 1. The number of allylic oxidation sites excluding steroid dienone is 1. The third kappa shape index (κ3) is 6.44. The molecule has 1 fully saturated rings. The summed E-state index contributed by atoms with van der Waals surface area (Å²) in [7, 11) is 0. The third-order valence-electron chi connectivity index (χ3n) is 5.42. The van der Waals surface area contributed by atoms with Gasteiger partial charge in [-0.05, 0) is 29.8 Å². The number of β-lactam (4-membered cyclic amide) rings is 1. The molecule has 38 heavy (non-hydrogen) atoms. The second-order valence-corrected chi connectivity index (χ2v) is 12.9. The van der Waals surface area contributed by atoms with Crippen LogP contribution in [0.2, 0.25) is 0 Å². The normalized spacial score (nSPS) is 20.3. The second kappa shape index (κ2) is 11.7. The monoisotopic (exact) mass is 625 g/mol. The van der Waals surface area contributed by atoms with Crippen LogP contribution in [0.1, 0.15) is 18.9 Å². The molecule has 4 rings (SSSR count). The number of hydrogen-bond acceptors (Lipinski definition) is 10. The Labute approximate surface area is 229 Å². The van der Waals surface area contributed by atoms with E-state index >= 15 is 0 Å². The summed E-state index contributed by atoms with van der Waals surface area (Å²) >= 11 is 3.77. The largest absolute Gasteiger partial charge is 0.487 e. The van der Waals surface area contributed by atoms with Crippen LogP contribution in [0, 0.1) is 10.1 Å². The molecule has 1 saturated heterocycles. The van der Waals surface area contributed by atoms with Crippen LogP contribution in [0.5, 0.6) is 5.75 Å². The topological polar surface area (TPSA) is 158 Å². The molecule has 200 valence electrons. The van der Waals surface area contributed by atoms with Crippen LogP contribution in [-0.2, 0) is 30.0 Å². The number of nitrogens with zero attached hydrogens (tertiary/aromatic N) is 3. The molecule has 2 heterocycles. The number of halogens is 1. The minimum Gasteiger partial charge on any atom is -0.487 e. The van der Waals surface area contributed by atoms with Crippen LogP contribution in [0.15, 0.2) is 71.0 Å². The molecule has 2 aromatic rings. The standard InChI is InChI=1S/C23H21BrN3O9PS/c1-2-17(36-37(24,32)33)20(23(29)35-12-14-8-10-15(11-9-14)27(30)31)26-21(28)19-22(26)38-18(25-19)13-34-16-6-4-3-5-7-16/h3-11,19,22H,2,12-13H2,1H3,(H,32,33). The number of ether oxygens (including phenoxy) is 2. The molecule has 0 saturated carbocycles. The minimum atomic E-state index is -4.26. The number of amides is 1. The first kappa shape index (κ1) is 27.8. The number of thioether (sulfide) groups is 1. The van der Waals surface area contributed by atoms with Crippen molar-refractivity contribution in [3.05, 3.63) is 81.7 Å². The first-order valence-corrected chi connectivity index (χ1v) is 15.6. The lowest BCUT2D eigenvalue weighted by Crippen LogP contribution is -2.61. The van der Waals surface area contributed by atoms with Gasteiger partial charge in [-0.25, -0.2) is 9.36 Å². The molecular weight excluding hydrogens is 605 g/mol. The Morgan fingerprint density at radius 1 is 1.21 bits per heavy atom. The minimum absolute atomic E-state index is 0.00518. The van der Waals surface area contributed by atoms with Gasteiger partial charge < -0.3 is 18.9 Å². The Morgan fingerprint density at radius 2 is 1.89 bits per heavy atom. The zero-order valence-corrected chi connectivity index (χ0v) is 23.1. The number of aliphatic imine (C=N–C) groups is 1. The highest BCUT2D eigenvalue weighted by molar-refractivity contribution is 9.39. The number of para-hydroxylation sites is 1. The quantitative estimate of drug-likeness (QED) is 0.0715. The van der Waals surface area contributed by atoms with Crippen molar-refractivity contribution in [2.24, 2.45) is 4.99 Å². The molecule has 2 aromatic carbocycles. The van der Waals surface area contributed by atoms with Crippen LogP contribution >= 0.6 is 33.5 Å². The molecule has 12 nitrogen and oxygen atoms in total. The Kier molecular flexibility index (Phi) is 8.56. The van der Waals surface area contributed by atoms with E-state index in [0.29, 0.717) is 16.4 Å². The van der Waals surface area contributed by atoms with Crippen molar-refractivity contribution in [3.63, 3.8) is 0 Å². The first-order chi connectivity index (χ1) is 18.1. The number of rotatable bonds is 11. The number of hydrogen-bond donors (Lipinski definition) is 1. The molecule has 2 aliphatic rings. The van der Waals surface area contributed by atoms with Gasteiger partial charge in [0.15, 0.2) is 11.7 Å². The number of nitro groups is 1. The highest BCUT2D eigenvalue weighted by Gasteiger charge is 2.56. The lowest BCUT2D eigenvalue weighted by molar-refractivity contribution is -0.384. The number of nitro benzene ring substituents is 1. The van der Waals surface area contributed by atoms with Crippen molar-refractivity contribution in [2.75, 3.05) is 6.61 Å². The fraction of sp³-hybridized carbons (Fsp3) is 0.261. The lowest BCUT2D eigenvalue weighted by Gasteiger charge is -2.41. The highest BCUT2D eigenvalue weighted by atomic mass is 79.9. The smallest absolute Gasteiger partial charge is 0.443 e. The van der Waals surface area contributed by atoms with Gasteiger partial charge in [-0.15, -0.1) is 0 Å². The second-order valence-electron chi connectivity index (χ2n) is 7.95. The number of fused-ring (bicyclic) bond motifs is 1. The van der Waals surface area contributed by atoms with Crippen molar-refractivity contribution in [1.29, 1.82) is 0 Å². The molecule has 1 amide bonds. The predicted molar refractivity (Wildman–Crippen MR) is 141 cm³/mol. The molecule has 0 radical (unpaired) electrons. The van der Waals surface area contributed by atoms with E-state index < -0.39 is 34.5 Å². The molecular formula is C23H21BrN3O9PS. The fourth-order valence-corrected chi connectivity index (χ4v) is 5.88. The molecule has 0 aliphatic carbocycles. The van der Waals surface area contributed by atoms with Crippen LogP contribution < -0.4 is 4.74 Å². The summed E-state index contributed by atoms with van der Waals surface area (Å²) in [4.78, 5) is 51.8. The Bertz CT molecular complexity index is 1350. The van der Waals surface area contributed by atoms with E-state index in [2.05, 4.69) is 20.5 Å². The molecule has 1 N–H and O–H groups in total. The molecule has 0 bridgehead atoms. The number of benzene rings is 2. The maximum Gasteiger partial charge on any atom is 0.443 e. The third-order valence-corrected chi connectivity index (χ3v) is 7.51. The van der Waals surface area contributed by atoms with Gasteiger partial charge in [0.2, 0.25) is 0 Å². The molecule has 3 atom stereocenters. The number of esters is 1. The van der Waals surface area contributed by atoms with Crippen molar-refractivity contribution in [2.45, 2.75) is 31.4 Å². The summed E-state index contributed by atoms with van der Waals surface area (Å²) in [6.07, 6.45) is -4.27. The van der Waals surface area contributed by atoms with E-state index in [1.165, 1.54) is 36.0 Å². The summed E-state index contributed by atoms with van der Waals surface area (Å²) in [5, 5.41) is 10.8. The van der Waals surface area contributed by atoms with Crippen LogP contribution in [0.3, 0.4) is 0 Å². The van der Waals surface area contributed by atoms with Crippen LogP contribution in [0.4, 0.5) is 5.69 Å². The average Bonchev–Trinajstić information content (AvgIpc) is 3.27. The summed E-state index contributed by atoms with van der Waals surface area (Å²) in [6, 6.07) is 13.7. The van der Waals surface area contributed by atoms with Gasteiger partial charge in [0, 0.05) is 18.6 Å². The highest BCUT2D eigenvalue weighted by Crippen LogP contribution is 2.54. The summed E-state index contributed by atoms with van der Waals surface area (Å²) in [5.41, 5.74) is 0.0190. The molecule has 2 aliphatic heterocycles. The zero-order valence-electron chi connectivity index (χ0n) is 19.8. The van der Waals surface area contributed by atoms with E-state index in [1.807, 2.05) is 18.2 Å². The maximum absolute atomic E-state index is 13.2. The van der Waals surface area contributed by atoms with Gasteiger partial charge >= 0.3 is 12.3 Å². The van der Waals surface area contributed by atoms with Gasteiger partial charge in [0.25, 0.3) is 11.6 Å². The van der Waals surface area contributed by atoms with Crippen molar-refractivity contribution in [1.82, 2.24) is 4.90 Å². The van der Waals surface area contributed by atoms with Gasteiger partial charge in [-0.2, -0.15) is 0 Å². The molecule has 0 aromatic heterocycles. The molecule has 0 spiro atoms. The average molecular weight is 626 g/mol. The summed E-state index contributed by atoms with van der Waals surface area (Å²) < 4.78 is 28.1.